The van der Waals surface area contributed by atoms with Crippen molar-refractivity contribution in [2.24, 2.45) is 5.73 Å². The molecule has 3 heterocycles. The van der Waals surface area contributed by atoms with Gasteiger partial charge >= 0.3 is 0 Å². The van der Waals surface area contributed by atoms with Crippen molar-refractivity contribution >= 4 is 33.0 Å². The molecule has 0 aliphatic carbocycles. The van der Waals surface area contributed by atoms with Gasteiger partial charge in [-0.05, 0) is 24.5 Å². The molecular formula is C20H22N4OS. The summed E-state index contributed by atoms with van der Waals surface area (Å²) in [7, 11) is 0. The van der Waals surface area contributed by atoms with Crippen LogP contribution in [0.1, 0.15) is 28.1 Å². The van der Waals surface area contributed by atoms with Crippen LogP contribution in [0.25, 0.3) is 10.1 Å². The number of nitrogens with two attached hydrogens (primary N) is 1. The van der Waals surface area contributed by atoms with Gasteiger partial charge in [0.05, 0.1) is 21.5 Å². The fraction of sp³-hybridized carbons (Fsp3) is 0.300. The van der Waals surface area contributed by atoms with Crippen LogP contribution in [-0.2, 0) is 6.54 Å². The SMILES string of the molecule is NC(=O)c1cc2c(NC3CCN(Cc4ccccc4)CC3)cncc2s1. The third kappa shape index (κ3) is 3.71. The van der Waals surface area contributed by atoms with Crippen LogP contribution < -0.4 is 11.1 Å². The highest BCUT2D eigenvalue weighted by Gasteiger charge is 2.20. The molecule has 3 N–H and O–H groups in total. The van der Waals surface area contributed by atoms with Gasteiger partial charge in [-0.15, -0.1) is 11.3 Å². The fourth-order valence-electron chi connectivity index (χ4n) is 3.49. The predicted molar refractivity (Wildman–Crippen MR) is 107 cm³/mol. The molecular weight excluding hydrogens is 344 g/mol. The zero-order valence-electron chi connectivity index (χ0n) is 14.5. The highest BCUT2D eigenvalue weighted by molar-refractivity contribution is 7.20. The minimum Gasteiger partial charge on any atom is -0.380 e. The number of pyridine rings is 1. The van der Waals surface area contributed by atoms with Crippen LogP contribution in [0, 0.1) is 0 Å². The number of likely N-dealkylation sites (tertiary alicyclic amines) is 1. The van der Waals surface area contributed by atoms with Crippen molar-refractivity contribution < 1.29 is 4.79 Å². The Bertz CT molecular complexity index is 901. The van der Waals surface area contributed by atoms with Crippen molar-refractivity contribution in [2.75, 3.05) is 18.4 Å². The molecule has 1 aliphatic rings. The number of amides is 1. The molecule has 1 amide bonds. The summed E-state index contributed by atoms with van der Waals surface area (Å²) in [4.78, 5) is 18.8. The summed E-state index contributed by atoms with van der Waals surface area (Å²) in [6.07, 6.45) is 5.82. The quantitative estimate of drug-likeness (QED) is 0.725. The van der Waals surface area contributed by atoms with Crippen LogP contribution in [0.4, 0.5) is 5.69 Å². The standard InChI is InChI=1S/C20H22N4OS/c21-20(25)18-10-16-17(11-22-12-19(16)26-18)23-15-6-8-24(9-7-15)13-14-4-2-1-3-5-14/h1-5,10-12,15,23H,6-9,13H2,(H2,21,25). The maximum absolute atomic E-state index is 11.4. The first kappa shape index (κ1) is 17.0. The molecule has 0 unspecified atom stereocenters. The van der Waals surface area contributed by atoms with E-state index in [1.165, 1.54) is 16.9 Å². The summed E-state index contributed by atoms with van der Waals surface area (Å²) >= 11 is 1.40. The topological polar surface area (TPSA) is 71.2 Å². The molecule has 4 rings (SSSR count). The molecule has 134 valence electrons. The lowest BCUT2D eigenvalue weighted by Crippen LogP contribution is -2.38. The van der Waals surface area contributed by atoms with E-state index in [2.05, 4.69) is 45.5 Å². The first-order chi connectivity index (χ1) is 12.7. The Labute approximate surface area is 156 Å². The highest BCUT2D eigenvalue weighted by atomic mass is 32.1. The monoisotopic (exact) mass is 366 g/mol. The van der Waals surface area contributed by atoms with Crippen LogP contribution in [0.3, 0.4) is 0 Å². The average Bonchev–Trinajstić information content (AvgIpc) is 3.10. The molecule has 3 aromatic rings. The second kappa shape index (κ2) is 7.43. The lowest BCUT2D eigenvalue weighted by atomic mass is 10.0. The van der Waals surface area contributed by atoms with E-state index >= 15 is 0 Å². The molecule has 0 spiro atoms. The van der Waals surface area contributed by atoms with E-state index < -0.39 is 0 Å². The van der Waals surface area contributed by atoms with E-state index in [4.69, 9.17) is 5.73 Å². The largest absolute Gasteiger partial charge is 0.380 e. The molecule has 0 radical (unpaired) electrons. The number of anilines is 1. The third-order valence-corrected chi connectivity index (χ3v) is 5.97. The molecule has 0 bridgehead atoms. The third-order valence-electron chi connectivity index (χ3n) is 4.89. The Kier molecular flexibility index (Phi) is 4.86. The van der Waals surface area contributed by atoms with E-state index in [1.54, 1.807) is 6.20 Å². The van der Waals surface area contributed by atoms with Crippen LogP contribution in [-0.4, -0.2) is 34.9 Å². The summed E-state index contributed by atoms with van der Waals surface area (Å²) in [5, 5.41) is 4.66. The number of hydrogen-bond acceptors (Lipinski definition) is 5. The number of carbonyl (C=O) groups excluding carboxylic acids is 1. The minimum absolute atomic E-state index is 0.383. The summed E-state index contributed by atoms with van der Waals surface area (Å²) in [6.45, 7) is 3.16. The summed E-state index contributed by atoms with van der Waals surface area (Å²) in [5.41, 5.74) is 7.77. The van der Waals surface area contributed by atoms with Gasteiger partial charge in [-0.25, -0.2) is 0 Å². The number of rotatable bonds is 5. The number of hydrogen-bond donors (Lipinski definition) is 2. The van der Waals surface area contributed by atoms with Gasteiger partial charge in [0.2, 0.25) is 0 Å². The molecule has 0 atom stereocenters. The van der Waals surface area contributed by atoms with E-state index in [9.17, 15) is 4.79 Å². The second-order valence-corrected chi connectivity index (χ2v) is 7.84. The van der Waals surface area contributed by atoms with Crippen molar-refractivity contribution in [3.63, 3.8) is 0 Å². The summed E-state index contributed by atoms with van der Waals surface area (Å²) < 4.78 is 0.991. The number of benzene rings is 1. The Morgan fingerprint density at radius 1 is 1.23 bits per heavy atom. The van der Waals surface area contributed by atoms with Crippen molar-refractivity contribution in [1.82, 2.24) is 9.88 Å². The van der Waals surface area contributed by atoms with E-state index in [0.29, 0.717) is 10.9 Å². The van der Waals surface area contributed by atoms with Crippen molar-refractivity contribution in [3.8, 4) is 0 Å². The number of piperidine rings is 1. The average molecular weight is 366 g/mol. The van der Waals surface area contributed by atoms with Crippen LogP contribution >= 0.6 is 11.3 Å². The van der Waals surface area contributed by atoms with Gasteiger partial charge < -0.3 is 11.1 Å². The van der Waals surface area contributed by atoms with Gasteiger partial charge in [-0.3, -0.25) is 14.7 Å². The maximum Gasteiger partial charge on any atom is 0.258 e. The second-order valence-electron chi connectivity index (χ2n) is 6.75. The van der Waals surface area contributed by atoms with Gasteiger partial charge in [0.1, 0.15) is 0 Å². The number of nitrogens with zero attached hydrogens (tertiary/aromatic N) is 2. The highest BCUT2D eigenvalue weighted by Crippen LogP contribution is 2.31. The first-order valence-electron chi connectivity index (χ1n) is 8.89. The number of nitrogens with one attached hydrogen (secondary N) is 1. The number of primary amides is 1. The van der Waals surface area contributed by atoms with Crippen molar-refractivity contribution in [3.05, 3.63) is 59.2 Å². The Hall–Kier alpha value is -2.44. The van der Waals surface area contributed by atoms with E-state index in [0.717, 1.165) is 48.2 Å². The lowest BCUT2D eigenvalue weighted by molar-refractivity contribution is 0.100. The van der Waals surface area contributed by atoms with Gasteiger partial charge in [-0.1, -0.05) is 30.3 Å². The molecule has 0 saturated carbocycles. The number of thiophene rings is 1. The lowest BCUT2D eigenvalue weighted by Gasteiger charge is -2.33. The molecule has 26 heavy (non-hydrogen) atoms. The molecule has 6 heteroatoms. The molecule has 5 nitrogen and oxygen atoms in total. The summed E-state index contributed by atoms with van der Waals surface area (Å²) in [5.74, 6) is -0.383. The Morgan fingerprint density at radius 3 is 2.73 bits per heavy atom. The number of fused-ring (bicyclic) bond motifs is 1. The predicted octanol–water partition coefficient (Wildman–Crippen LogP) is 3.47. The zero-order valence-corrected chi connectivity index (χ0v) is 15.3. The van der Waals surface area contributed by atoms with Gasteiger partial charge in [0.15, 0.2) is 0 Å². The fourth-order valence-corrected chi connectivity index (χ4v) is 4.40. The summed E-state index contributed by atoms with van der Waals surface area (Å²) in [6, 6.07) is 12.9. The Balaban J connectivity index is 1.40. The molecule has 1 saturated heterocycles. The van der Waals surface area contributed by atoms with Gasteiger partial charge in [-0.2, -0.15) is 0 Å². The number of aromatic nitrogens is 1. The molecule has 2 aromatic heterocycles. The molecule has 1 fully saturated rings. The minimum atomic E-state index is -0.383. The van der Waals surface area contributed by atoms with E-state index in [-0.39, 0.29) is 5.91 Å². The van der Waals surface area contributed by atoms with Crippen molar-refractivity contribution in [2.45, 2.75) is 25.4 Å². The maximum atomic E-state index is 11.4. The van der Waals surface area contributed by atoms with Crippen LogP contribution in [0.2, 0.25) is 0 Å². The van der Waals surface area contributed by atoms with Crippen LogP contribution in [0.15, 0.2) is 48.8 Å². The Morgan fingerprint density at radius 2 is 2.00 bits per heavy atom. The normalized spacial score (nSPS) is 16.0. The van der Waals surface area contributed by atoms with E-state index in [1.807, 2.05) is 12.3 Å². The van der Waals surface area contributed by atoms with Gasteiger partial charge in [0, 0.05) is 37.3 Å². The van der Waals surface area contributed by atoms with Crippen molar-refractivity contribution in [1.29, 1.82) is 0 Å². The van der Waals surface area contributed by atoms with Gasteiger partial charge in [0.25, 0.3) is 5.91 Å². The number of carbonyl (C=O) groups is 1. The molecule has 1 aliphatic heterocycles. The van der Waals surface area contributed by atoms with Crippen LogP contribution in [0.5, 0.6) is 0 Å². The smallest absolute Gasteiger partial charge is 0.258 e. The molecule has 1 aromatic carbocycles. The first-order valence-corrected chi connectivity index (χ1v) is 9.71. The zero-order chi connectivity index (χ0) is 17.9.